The smallest absolute Gasteiger partial charge is 0.189 e. The maximum Gasteiger partial charge on any atom is 0.189 e. The lowest BCUT2D eigenvalue weighted by Crippen LogP contribution is -2.67. The summed E-state index contributed by atoms with van der Waals surface area (Å²) >= 11 is 1.54. The molecule has 0 amide bonds. The highest BCUT2D eigenvalue weighted by molar-refractivity contribution is 7.99. The average Bonchev–Trinajstić information content (AvgIpc) is 3.66. The van der Waals surface area contributed by atoms with Crippen LogP contribution in [0.4, 0.5) is 0 Å². The van der Waals surface area contributed by atoms with E-state index in [-0.39, 0.29) is 40.0 Å². The highest BCUT2D eigenvalue weighted by Gasteiger charge is 2.74. The van der Waals surface area contributed by atoms with Gasteiger partial charge in [-0.3, -0.25) is 9.89 Å². The van der Waals surface area contributed by atoms with E-state index >= 15 is 0 Å². The fraction of sp³-hybridized carbons (Fsp3) is 0.486. The number of hydrogen-bond donors (Lipinski definition) is 3. The summed E-state index contributed by atoms with van der Waals surface area (Å²) in [5.74, 6) is 1.05. The number of fused-ring (bicyclic) bond motifs is 1. The number of aromatic amines is 1. The van der Waals surface area contributed by atoms with Crippen molar-refractivity contribution in [2.45, 2.75) is 75.7 Å². The number of allylic oxidation sites excluding steroid dienone is 4. The van der Waals surface area contributed by atoms with Crippen LogP contribution in [0.15, 0.2) is 89.9 Å². The number of rotatable bonds is 6. The molecule has 1 aromatic heterocycles. The number of nitrogens with one attached hydrogen (secondary N) is 1. The van der Waals surface area contributed by atoms with Crippen LogP contribution in [0.2, 0.25) is 0 Å². The number of benzene rings is 2. The Morgan fingerprint density at radius 1 is 0.932 bits per heavy atom. The maximum absolute atomic E-state index is 14.8. The second kappa shape index (κ2) is 9.75. The molecule has 9 rings (SSSR count). The van der Waals surface area contributed by atoms with Crippen LogP contribution in [0.3, 0.4) is 0 Å². The zero-order valence-corrected chi connectivity index (χ0v) is 26.3. The fourth-order valence-corrected chi connectivity index (χ4v) is 11.7. The van der Waals surface area contributed by atoms with Crippen molar-refractivity contribution < 1.29 is 15.0 Å². The summed E-state index contributed by atoms with van der Waals surface area (Å²) in [5.41, 5.74) is 1.74. The highest BCUT2D eigenvalue weighted by Crippen LogP contribution is 2.78. The van der Waals surface area contributed by atoms with Gasteiger partial charge >= 0.3 is 0 Å². The lowest BCUT2D eigenvalue weighted by atomic mass is 9.32. The molecule has 8 unspecified atom stereocenters. The molecule has 6 nitrogen and oxygen atoms in total. The van der Waals surface area contributed by atoms with E-state index in [0.29, 0.717) is 24.2 Å². The minimum Gasteiger partial charge on any atom is -0.393 e. The summed E-state index contributed by atoms with van der Waals surface area (Å²) in [5, 5.41) is 31.0. The molecule has 2 spiro atoms. The predicted octanol–water partition coefficient (Wildman–Crippen LogP) is 7.04. The Morgan fingerprint density at radius 3 is 2.39 bits per heavy atom. The van der Waals surface area contributed by atoms with E-state index in [9.17, 15) is 15.0 Å². The van der Waals surface area contributed by atoms with Crippen LogP contribution < -0.4 is 0 Å². The Bertz CT molecular complexity index is 1650. The summed E-state index contributed by atoms with van der Waals surface area (Å²) in [6.45, 7) is 4.71. The van der Waals surface area contributed by atoms with E-state index in [1.54, 1.807) is 0 Å². The maximum atomic E-state index is 14.8. The number of ketones is 1. The largest absolute Gasteiger partial charge is 0.393 e. The molecule has 44 heavy (non-hydrogen) atoms. The van der Waals surface area contributed by atoms with Crippen LogP contribution >= 0.6 is 11.8 Å². The van der Waals surface area contributed by atoms with Crippen LogP contribution in [0, 0.1) is 33.5 Å². The van der Waals surface area contributed by atoms with E-state index in [4.69, 9.17) is 0 Å². The summed E-state index contributed by atoms with van der Waals surface area (Å²) in [4.78, 5) is 19.1. The molecule has 0 aliphatic heterocycles. The lowest BCUT2D eigenvalue weighted by Gasteiger charge is -2.71. The zero-order valence-electron chi connectivity index (χ0n) is 25.5. The first-order valence-electron chi connectivity index (χ1n) is 16.2. The Kier molecular flexibility index (Phi) is 6.31. The Hall–Kier alpha value is -3.00. The van der Waals surface area contributed by atoms with Gasteiger partial charge in [-0.05, 0) is 73.3 Å². The SMILES string of the molecule is CC12CCC(O)CC13C=CC1(C(C(=O)c4ccc(-c5ccccc5)cc4)=C3)C2CCC2(C)C1CCC2(O)CSc1ncn[nH]1. The van der Waals surface area contributed by atoms with Gasteiger partial charge in [-0.1, -0.05) is 98.4 Å². The van der Waals surface area contributed by atoms with Crippen molar-refractivity contribution in [2.75, 3.05) is 5.75 Å². The van der Waals surface area contributed by atoms with Crippen LogP contribution in [0.25, 0.3) is 11.1 Å². The molecule has 8 atom stereocenters. The molecule has 0 saturated heterocycles. The van der Waals surface area contributed by atoms with Gasteiger partial charge in [0.2, 0.25) is 0 Å². The minimum atomic E-state index is -0.885. The second-order valence-electron chi connectivity index (χ2n) is 14.7. The molecule has 3 saturated carbocycles. The van der Waals surface area contributed by atoms with Crippen LogP contribution in [-0.2, 0) is 0 Å². The molecule has 7 heteroatoms. The van der Waals surface area contributed by atoms with E-state index in [1.165, 1.54) is 18.1 Å². The van der Waals surface area contributed by atoms with Crippen LogP contribution in [-0.4, -0.2) is 48.6 Å². The van der Waals surface area contributed by atoms with Crippen molar-refractivity contribution in [2.24, 2.45) is 33.5 Å². The van der Waals surface area contributed by atoms with E-state index in [2.05, 4.69) is 71.5 Å². The van der Waals surface area contributed by atoms with Gasteiger partial charge < -0.3 is 10.2 Å². The third-order valence-corrected chi connectivity index (χ3v) is 14.1. The molecule has 228 valence electrons. The topological polar surface area (TPSA) is 99.1 Å². The standard InChI is InChI=1S/C37H41N3O3S/c1-33-15-12-27(41)20-35(33)18-19-37(28(21-35)31(42)26-10-8-25(9-11-26)24-6-4-3-5-7-24)29(33)13-16-34(2)30(37)14-17-36(34,43)22-44-32-38-23-39-40-32/h3-11,18-19,21,23,27,29-30,41,43H,12-17,20,22H2,1-2H3,(H,38,39,40). The molecule has 0 radical (unpaired) electrons. The van der Waals surface area contributed by atoms with Gasteiger partial charge in [0.25, 0.3) is 0 Å². The Labute approximate surface area is 263 Å². The molecule has 3 aromatic rings. The molecule has 6 aliphatic rings. The van der Waals surface area contributed by atoms with Crippen molar-refractivity contribution in [3.05, 3.63) is 90.3 Å². The van der Waals surface area contributed by atoms with Gasteiger partial charge in [-0.2, -0.15) is 5.10 Å². The van der Waals surface area contributed by atoms with E-state index in [0.717, 1.165) is 54.0 Å². The molecule has 3 N–H and O–H groups in total. The van der Waals surface area contributed by atoms with Gasteiger partial charge in [0.15, 0.2) is 10.9 Å². The monoisotopic (exact) mass is 607 g/mol. The minimum absolute atomic E-state index is 0.0431. The summed E-state index contributed by atoms with van der Waals surface area (Å²) < 4.78 is 0. The zero-order chi connectivity index (χ0) is 30.4. The third kappa shape index (κ3) is 3.72. The third-order valence-electron chi connectivity index (χ3n) is 13.1. The number of hydrogen-bond acceptors (Lipinski definition) is 6. The first-order valence-corrected chi connectivity index (χ1v) is 17.2. The predicted molar refractivity (Wildman–Crippen MR) is 172 cm³/mol. The van der Waals surface area contributed by atoms with Gasteiger partial charge in [-0.25, -0.2) is 4.98 Å². The van der Waals surface area contributed by atoms with Crippen molar-refractivity contribution >= 4 is 17.5 Å². The summed E-state index contributed by atoms with van der Waals surface area (Å²) in [7, 11) is 0. The van der Waals surface area contributed by atoms with E-state index in [1.807, 2.05) is 30.3 Å². The first kappa shape index (κ1) is 28.5. The normalized spacial score (nSPS) is 40.2. The number of carbonyl (C=O) groups is 1. The Balaban J connectivity index is 1.22. The number of aliphatic hydroxyl groups is 2. The number of aliphatic hydroxyl groups excluding tert-OH is 1. The van der Waals surface area contributed by atoms with Gasteiger partial charge in [0.1, 0.15) is 6.33 Å². The molecule has 6 aliphatic carbocycles. The molecular formula is C37H41N3O3S. The summed E-state index contributed by atoms with van der Waals surface area (Å²) in [6.07, 6.45) is 14.1. The number of thioether (sulfide) groups is 1. The number of Topliss-reactive ketones (excluding diaryl/α,β-unsaturated/α-hetero) is 1. The molecule has 2 aromatic carbocycles. The number of nitrogens with zero attached hydrogens (tertiary/aromatic N) is 2. The molecule has 1 heterocycles. The average molecular weight is 608 g/mol. The van der Waals surface area contributed by atoms with Crippen molar-refractivity contribution in [3.63, 3.8) is 0 Å². The Morgan fingerprint density at radius 2 is 1.64 bits per heavy atom. The van der Waals surface area contributed by atoms with Crippen molar-refractivity contribution in [3.8, 4) is 11.1 Å². The van der Waals surface area contributed by atoms with Crippen LogP contribution in [0.1, 0.15) is 69.2 Å². The fourth-order valence-electron chi connectivity index (χ4n) is 10.6. The quantitative estimate of drug-likeness (QED) is 0.158. The molecule has 2 bridgehead atoms. The van der Waals surface area contributed by atoms with Crippen LogP contribution in [0.5, 0.6) is 0 Å². The first-order chi connectivity index (χ1) is 21.1. The second-order valence-corrected chi connectivity index (χ2v) is 15.6. The molecule has 3 fully saturated rings. The van der Waals surface area contributed by atoms with Gasteiger partial charge in [0.05, 0.1) is 11.7 Å². The lowest BCUT2D eigenvalue weighted by molar-refractivity contribution is -0.166. The van der Waals surface area contributed by atoms with Crippen molar-refractivity contribution in [1.29, 1.82) is 0 Å². The highest BCUT2D eigenvalue weighted by atomic mass is 32.2. The van der Waals surface area contributed by atoms with Gasteiger partial charge in [-0.15, -0.1) is 0 Å². The number of carbonyl (C=O) groups excluding carboxylic acids is 1. The number of aromatic nitrogens is 3. The summed E-state index contributed by atoms with van der Waals surface area (Å²) in [6, 6.07) is 18.3. The van der Waals surface area contributed by atoms with Gasteiger partial charge in [0, 0.05) is 33.1 Å². The van der Waals surface area contributed by atoms with E-state index < -0.39 is 11.0 Å². The molecular weight excluding hydrogens is 566 g/mol. The van der Waals surface area contributed by atoms with Crippen molar-refractivity contribution in [1.82, 2.24) is 15.2 Å². The number of H-pyrrole nitrogens is 1.